The van der Waals surface area contributed by atoms with Crippen LogP contribution >= 0.6 is 11.3 Å². The van der Waals surface area contributed by atoms with Gasteiger partial charge >= 0.3 is 0 Å². The molecule has 5 nitrogen and oxygen atoms in total. The molecule has 6 heteroatoms. The molecule has 1 aliphatic heterocycles. The first kappa shape index (κ1) is 10.0. The van der Waals surface area contributed by atoms with E-state index in [1.54, 1.807) is 15.9 Å². The summed E-state index contributed by atoms with van der Waals surface area (Å²) in [4.78, 5) is 0.843. The second kappa shape index (κ2) is 3.52. The molecule has 1 N–H and O–H groups in total. The van der Waals surface area contributed by atoms with Crippen molar-refractivity contribution in [2.24, 2.45) is 0 Å². The second-order valence-electron chi connectivity index (χ2n) is 4.40. The quantitative estimate of drug-likeness (QED) is 0.725. The third kappa shape index (κ3) is 1.35. The molecule has 4 rings (SSSR count). The fourth-order valence-corrected chi connectivity index (χ4v) is 3.14. The Bertz CT molecular complexity index is 742. The molecule has 0 atom stereocenters. The third-order valence-electron chi connectivity index (χ3n) is 3.21. The highest BCUT2D eigenvalue weighted by Crippen LogP contribution is 2.31. The molecule has 2 aromatic heterocycles. The molecule has 1 aromatic carbocycles. The topological polar surface area (TPSA) is 55.1 Å². The van der Waals surface area contributed by atoms with Crippen LogP contribution in [0.15, 0.2) is 18.2 Å². The monoisotopic (exact) mass is 257 g/mol. The molecule has 3 aromatic rings. The summed E-state index contributed by atoms with van der Waals surface area (Å²) >= 11 is 1.57. The lowest BCUT2D eigenvalue weighted by Gasteiger charge is -2.01. The van der Waals surface area contributed by atoms with E-state index < -0.39 is 0 Å². The Labute approximate surface area is 107 Å². The fraction of sp³-hybridized carbons (Fsp3) is 0.250. The van der Waals surface area contributed by atoms with Crippen LogP contribution in [0.1, 0.15) is 11.4 Å². The van der Waals surface area contributed by atoms with Gasteiger partial charge in [0.05, 0.1) is 0 Å². The molecule has 0 spiro atoms. The van der Waals surface area contributed by atoms with Gasteiger partial charge in [-0.2, -0.15) is 9.61 Å². The number of hydrogen-bond donors (Lipinski definition) is 1. The van der Waals surface area contributed by atoms with Crippen molar-refractivity contribution in [2.45, 2.75) is 13.3 Å². The van der Waals surface area contributed by atoms with Crippen LogP contribution < -0.4 is 5.32 Å². The summed E-state index contributed by atoms with van der Waals surface area (Å²) in [5, 5.41) is 17.0. The molecule has 1 aliphatic rings. The van der Waals surface area contributed by atoms with Crippen LogP contribution in [0, 0.1) is 6.92 Å². The summed E-state index contributed by atoms with van der Waals surface area (Å²) in [5.41, 5.74) is 3.76. The predicted molar refractivity (Wildman–Crippen MR) is 71.0 cm³/mol. The molecule has 0 saturated carbocycles. The highest BCUT2D eigenvalue weighted by Gasteiger charge is 2.14. The van der Waals surface area contributed by atoms with E-state index >= 15 is 0 Å². The van der Waals surface area contributed by atoms with Gasteiger partial charge in [-0.3, -0.25) is 0 Å². The minimum Gasteiger partial charge on any atom is -0.384 e. The summed E-state index contributed by atoms with van der Waals surface area (Å²) in [6.45, 7) is 2.94. The Morgan fingerprint density at radius 1 is 1.33 bits per heavy atom. The van der Waals surface area contributed by atoms with Crippen molar-refractivity contribution in [1.29, 1.82) is 0 Å². The zero-order valence-electron chi connectivity index (χ0n) is 9.84. The van der Waals surface area contributed by atoms with Gasteiger partial charge in [0.15, 0.2) is 5.82 Å². The number of nitrogens with one attached hydrogen (secondary N) is 1. The number of rotatable bonds is 1. The highest BCUT2D eigenvalue weighted by molar-refractivity contribution is 7.19. The van der Waals surface area contributed by atoms with Crippen LogP contribution in [0.25, 0.3) is 15.5 Å². The fourth-order valence-electron chi connectivity index (χ4n) is 2.26. The largest absolute Gasteiger partial charge is 0.384 e. The first-order valence-corrected chi connectivity index (χ1v) is 6.69. The smallest absolute Gasteiger partial charge is 0.234 e. The zero-order valence-corrected chi connectivity index (χ0v) is 10.7. The van der Waals surface area contributed by atoms with Gasteiger partial charge in [0.25, 0.3) is 0 Å². The molecule has 0 bridgehead atoms. The maximum absolute atomic E-state index is 4.55. The Morgan fingerprint density at radius 2 is 2.28 bits per heavy atom. The van der Waals surface area contributed by atoms with Gasteiger partial charge in [-0.05, 0) is 25.0 Å². The molecule has 3 heterocycles. The van der Waals surface area contributed by atoms with E-state index in [2.05, 4.69) is 38.8 Å². The Morgan fingerprint density at radius 3 is 3.17 bits per heavy atom. The molecule has 18 heavy (non-hydrogen) atoms. The van der Waals surface area contributed by atoms with Crippen LogP contribution in [0.5, 0.6) is 0 Å². The Balaban J connectivity index is 1.86. The lowest BCUT2D eigenvalue weighted by molar-refractivity contribution is 0.898. The van der Waals surface area contributed by atoms with Crippen LogP contribution in [0.2, 0.25) is 0 Å². The molecular weight excluding hydrogens is 246 g/mol. The number of anilines is 1. The molecule has 0 saturated heterocycles. The number of aryl methyl sites for hydroxylation is 1. The summed E-state index contributed by atoms with van der Waals surface area (Å²) in [6, 6.07) is 6.48. The number of fused-ring (bicyclic) bond motifs is 2. The average Bonchev–Trinajstić information content (AvgIpc) is 3.05. The van der Waals surface area contributed by atoms with Gasteiger partial charge in [0.1, 0.15) is 5.01 Å². The van der Waals surface area contributed by atoms with Gasteiger partial charge < -0.3 is 5.32 Å². The van der Waals surface area contributed by atoms with E-state index in [1.807, 2.05) is 6.92 Å². The first-order valence-electron chi connectivity index (χ1n) is 5.87. The standard InChI is InChI=1S/C12H11N5S/c1-7-14-15-12-17(7)16-11(18-12)9-3-2-8-4-5-13-10(8)6-9/h2-3,6,13H,4-5H2,1H3. The van der Waals surface area contributed by atoms with Crippen molar-refractivity contribution in [3.05, 3.63) is 29.6 Å². The molecule has 0 amide bonds. The van der Waals surface area contributed by atoms with Crippen molar-refractivity contribution in [2.75, 3.05) is 11.9 Å². The Hall–Kier alpha value is -1.95. The van der Waals surface area contributed by atoms with Gasteiger partial charge in [-0.25, -0.2) is 0 Å². The lowest BCUT2D eigenvalue weighted by atomic mass is 10.1. The maximum atomic E-state index is 4.55. The summed E-state index contributed by atoms with van der Waals surface area (Å²) in [7, 11) is 0. The van der Waals surface area contributed by atoms with Crippen LogP contribution in [0.4, 0.5) is 5.69 Å². The third-order valence-corrected chi connectivity index (χ3v) is 4.16. The van der Waals surface area contributed by atoms with E-state index in [-0.39, 0.29) is 0 Å². The van der Waals surface area contributed by atoms with Crippen LogP contribution in [0.3, 0.4) is 0 Å². The van der Waals surface area contributed by atoms with Crippen LogP contribution in [-0.4, -0.2) is 26.4 Å². The summed E-state index contributed by atoms with van der Waals surface area (Å²) in [5.74, 6) is 0.826. The van der Waals surface area contributed by atoms with E-state index in [9.17, 15) is 0 Å². The van der Waals surface area contributed by atoms with Crippen molar-refractivity contribution in [3.63, 3.8) is 0 Å². The normalized spacial score (nSPS) is 13.8. The lowest BCUT2D eigenvalue weighted by Crippen LogP contribution is -1.91. The predicted octanol–water partition coefficient (Wildman–Crippen LogP) is 2.13. The van der Waals surface area contributed by atoms with Gasteiger partial charge in [-0.15, -0.1) is 10.2 Å². The number of aromatic nitrogens is 4. The van der Waals surface area contributed by atoms with E-state index in [4.69, 9.17) is 0 Å². The maximum Gasteiger partial charge on any atom is 0.234 e. The minimum atomic E-state index is 0.826. The molecule has 0 aliphatic carbocycles. The van der Waals surface area contributed by atoms with Gasteiger partial charge in [0.2, 0.25) is 4.96 Å². The molecular formula is C12H11N5S. The minimum absolute atomic E-state index is 0.826. The average molecular weight is 257 g/mol. The molecule has 0 fully saturated rings. The molecule has 0 unspecified atom stereocenters. The van der Waals surface area contributed by atoms with E-state index in [0.717, 1.165) is 34.3 Å². The van der Waals surface area contributed by atoms with Crippen molar-refractivity contribution in [3.8, 4) is 10.6 Å². The van der Waals surface area contributed by atoms with Gasteiger partial charge in [-0.1, -0.05) is 23.5 Å². The zero-order chi connectivity index (χ0) is 12.1. The first-order chi connectivity index (χ1) is 8.81. The van der Waals surface area contributed by atoms with Gasteiger partial charge in [0, 0.05) is 17.8 Å². The van der Waals surface area contributed by atoms with Crippen LogP contribution in [-0.2, 0) is 6.42 Å². The second-order valence-corrected chi connectivity index (χ2v) is 5.35. The van der Waals surface area contributed by atoms with E-state index in [1.165, 1.54) is 11.3 Å². The SMILES string of the molecule is Cc1nnc2sc(-c3ccc4c(c3)NCC4)nn12. The number of benzene rings is 1. The van der Waals surface area contributed by atoms with Crippen molar-refractivity contribution in [1.82, 2.24) is 19.8 Å². The summed E-state index contributed by atoms with van der Waals surface area (Å²) in [6.07, 6.45) is 1.11. The van der Waals surface area contributed by atoms with Crippen molar-refractivity contribution >= 4 is 22.0 Å². The summed E-state index contributed by atoms with van der Waals surface area (Å²) < 4.78 is 1.79. The number of nitrogens with zero attached hydrogens (tertiary/aromatic N) is 4. The number of hydrogen-bond acceptors (Lipinski definition) is 5. The van der Waals surface area contributed by atoms with E-state index in [0.29, 0.717) is 0 Å². The Kier molecular flexibility index (Phi) is 1.96. The van der Waals surface area contributed by atoms with Crippen molar-refractivity contribution < 1.29 is 0 Å². The molecule has 90 valence electrons. The molecule has 0 radical (unpaired) electrons. The highest BCUT2D eigenvalue weighted by atomic mass is 32.1.